The number of hydrogen-bond donors (Lipinski definition) is 0. The lowest BCUT2D eigenvalue weighted by Gasteiger charge is -2.38. The summed E-state index contributed by atoms with van der Waals surface area (Å²) >= 11 is 0. The summed E-state index contributed by atoms with van der Waals surface area (Å²) in [6.45, 7) is 7.39. The molecule has 0 aromatic carbocycles. The number of rotatable bonds is 1. The maximum atomic E-state index is 4.82. The monoisotopic (exact) mass is 332 g/mol. The standard InChI is InChI=1S/C21H24N4/c1-13-6-18-19-12-24(3)10-17-7-16(15-5-4-14(2)22-9-15)11-25(20(17)19)21(18)23-8-13/h4-6,8-9,16-17H,7,10-12H2,1-3H3. The lowest BCUT2D eigenvalue weighted by atomic mass is 9.81. The van der Waals surface area contributed by atoms with Crippen LogP contribution in [0.25, 0.3) is 11.0 Å². The molecule has 0 saturated carbocycles. The fourth-order valence-corrected chi connectivity index (χ4v) is 4.82. The van der Waals surface area contributed by atoms with E-state index in [4.69, 9.17) is 4.98 Å². The van der Waals surface area contributed by atoms with E-state index in [0.717, 1.165) is 25.3 Å². The van der Waals surface area contributed by atoms with E-state index in [1.54, 1.807) is 5.69 Å². The Morgan fingerprint density at radius 2 is 1.92 bits per heavy atom. The van der Waals surface area contributed by atoms with Crippen molar-refractivity contribution in [2.75, 3.05) is 13.6 Å². The van der Waals surface area contributed by atoms with E-state index >= 15 is 0 Å². The first-order valence-corrected chi connectivity index (χ1v) is 9.19. The van der Waals surface area contributed by atoms with Crippen LogP contribution in [0.5, 0.6) is 0 Å². The van der Waals surface area contributed by atoms with E-state index in [2.05, 4.69) is 59.7 Å². The van der Waals surface area contributed by atoms with E-state index in [0.29, 0.717) is 11.8 Å². The summed E-state index contributed by atoms with van der Waals surface area (Å²) in [6.07, 6.45) is 5.28. The first kappa shape index (κ1) is 15.1. The van der Waals surface area contributed by atoms with Crippen LogP contribution >= 0.6 is 0 Å². The molecule has 2 aliphatic heterocycles. The highest BCUT2D eigenvalue weighted by Crippen LogP contribution is 2.44. The van der Waals surface area contributed by atoms with Crippen LogP contribution in [-0.2, 0) is 13.1 Å². The highest BCUT2D eigenvalue weighted by molar-refractivity contribution is 5.83. The summed E-state index contributed by atoms with van der Waals surface area (Å²) in [5.41, 5.74) is 7.91. The summed E-state index contributed by atoms with van der Waals surface area (Å²) in [7, 11) is 2.24. The van der Waals surface area contributed by atoms with E-state index in [1.165, 1.54) is 34.1 Å². The van der Waals surface area contributed by atoms with Crippen molar-refractivity contribution in [2.45, 2.75) is 45.2 Å². The third-order valence-corrected chi connectivity index (χ3v) is 5.91. The molecule has 0 spiro atoms. The van der Waals surface area contributed by atoms with Crippen LogP contribution in [0.15, 0.2) is 30.6 Å². The van der Waals surface area contributed by atoms with Crippen molar-refractivity contribution in [2.24, 2.45) is 0 Å². The number of aryl methyl sites for hydroxylation is 2. The zero-order valence-electron chi connectivity index (χ0n) is 15.2. The topological polar surface area (TPSA) is 34.0 Å². The van der Waals surface area contributed by atoms with Crippen LogP contribution in [0.3, 0.4) is 0 Å². The largest absolute Gasteiger partial charge is 0.328 e. The zero-order valence-corrected chi connectivity index (χ0v) is 15.2. The van der Waals surface area contributed by atoms with Gasteiger partial charge in [0, 0.05) is 60.6 Å². The van der Waals surface area contributed by atoms with Crippen molar-refractivity contribution in [3.05, 3.63) is 58.7 Å². The van der Waals surface area contributed by atoms with Gasteiger partial charge in [0.05, 0.1) is 0 Å². The minimum absolute atomic E-state index is 0.517. The highest BCUT2D eigenvalue weighted by atomic mass is 15.1. The molecule has 0 amide bonds. The van der Waals surface area contributed by atoms with Crippen LogP contribution in [0.2, 0.25) is 0 Å². The third-order valence-electron chi connectivity index (χ3n) is 5.91. The number of likely N-dealkylation sites (N-methyl/N-ethyl adjacent to an activating group) is 1. The number of nitrogens with zero attached hydrogens (tertiary/aromatic N) is 4. The fourth-order valence-electron chi connectivity index (χ4n) is 4.82. The Kier molecular flexibility index (Phi) is 3.26. The van der Waals surface area contributed by atoms with Gasteiger partial charge in [0.25, 0.3) is 0 Å². The summed E-state index contributed by atoms with van der Waals surface area (Å²) in [5.74, 6) is 1.10. The van der Waals surface area contributed by atoms with Gasteiger partial charge >= 0.3 is 0 Å². The molecule has 128 valence electrons. The molecule has 4 heteroatoms. The minimum atomic E-state index is 0.517. The second-order valence-electron chi connectivity index (χ2n) is 7.92. The number of aromatic nitrogens is 3. The van der Waals surface area contributed by atoms with E-state index in [-0.39, 0.29) is 0 Å². The Balaban J connectivity index is 1.68. The van der Waals surface area contributed by atoms with Gasteiger partial charge in [-0.25, -0.2) is 4.98 Å². The quantitative estimate of drug-likeness (QED) is 0.680. The van der Waals surface area contributed by atoms with Crippen LogP contribution in [0.1, 0.15) is 46.3 Å². The van der Waals surface area contributed by atoms with Crippen LogP contribution in [0.4, 0.5) is 0 Å². The van der Waals surface area contributed by atoms with Gasteiger partial charge in [0.15, 0.2) is 0 Å². The van der Waals surface area contributed by atoms with Crippen LogP contribution in [0, 0.1) is 13.8 Å². The zero-order chi connectivity index (χ0) is 17.1. The molecular weight excluding hydrogens is 308 g/mol. The van der Waals surface area contributed by atoms with Crippen molar-refractivity contribution in [1.82, 2.24) is 19.4 Å². The molecule has 0 aliphatic carbocycles. The van der Waals surface area contributed by atoms with Crippen molar-refractivity contribution in [3.8, 4) is 0 Å². The Labute approximate surface area is 148 Å². The Bertz CT molecular complexity index is 954. The fraction of sp³-hybridized carbons (Fsp3) is 0.429. The van der Waals surface area contributed by atoms with Crippen LogP contribution < -0.4 is 0 Å². The summed E-state index contributed by atoms with van der Waals surface area (Å²) in [5, 5.41) is 1.36. The molecule has 0 radical (unpaired) electrons. The van der Waals surface area contributed by atoms with Crippen molar-refractivity contribution < 1.29 is 0 Å². The predicted octanol–water partition coefficient (Wildman–Crippen LogP) is 3.76. The maximum absolute atomic E-state index is 4.82. The molecule has 4 nitrogen and oxygen atoms in total. The normalized spacial score (nSPS) is 23.0. The minimum Gasteiger partial charge on any atom is -0.328 e. The molecule has 2 atom stereocenters. The van der Waals surface area contributed by atoms with Gasteiger partial charge in [0.2, 0.25) is 0 Å². The Hall–Kier alpha value is -2.20. The second kappa shape index (κ2) is 5.40. The maximum Gasteiger partial charge on any atom is 0.140 e. The SMILES string of the molecule is Cc1cnc2c(c1)c1c3n2CC(c2ccc(C)nc2)CC3CN(C)C1. The molecular formula is C21H24N4. The van der Waals surface area contributed by atoms with Crippen LogP contribution in [-0.4, -0.2) is 33.0 Å². The predicted molar refractivity (Wildman–Crippen MR) is 99.9 cm³/mol. The first-order valence-electron chi connectivity index (χ1n) is 9.19. The number of fused-ring (bicyclic) bond motifs is 3. The average Bonchev–Trinajstić information content (AvgIpc) is 2.89. The number of pyridine rings is 2. The summed E-state index contributed by atoms with van der Waals surface area (Å²) < 4.78 is 2.51. The Morgan fingerprint density at radius 3 is 2.72 bits per heavy atom. The first-order chi connectivity index (χ1) is 12.1. The molecule has 25 heavy (non-hydrogen) atoms. The van der Waals surface area contributed by atoms with Gasteiger partial charge in [-0.2, -0.15) is 0 Å². The van der Waals surface area contributed by atoms with Gasteiger partial charge in [-0.05, 0) is 56.1 Å². The molecule has 2 unspecified atom stereocenters. The van der Waals surface area contributed by atoms with Gasteiger partial charge in [-0.3, -0.25) is 4.98 Å². The molecule has 0 N–H and O–H groups in total. The molecule has 0 bridgehead atoms. The summed E-state index contributed by atoms with van der Waals surface area (Å²) in [4.78, 5) is 11.8. The summed E-state index contributed by atoms with van der Waals surface area (Å²) in [6, 6.07) is 6.72. The van der Waals surface area contributed by atoms with E-state index in [1.807, 2.05) is 6.20 Å². The van der Waals surface area contributed by atoms with Crippen molar-refractivity contribution in [1.29, 1.82) is 0 Å². The average molecular weight is 332 g/mol. The highest BCUT2D eigenvalue weighted by Gasteiger charge is 2.36. The molecule has 0 saturated heterocycles. The van der Waals surface area contributed by atoms with Gasteiger partial charge in [-0.15, -0.1) is 0 Å². The molecule has 2 aliphatic rings. The van der Waals surface area contributed by atoms with Gasteiger partial charge < -0.3 is 9.47 Å². The van der Waals surface area contributed by atoms with E-state index < -0.39 is 0 Å². The lowest BCUT2D eigenvalue weighted by molar-refractivity contribution is 0.244. The third kappa shape index (κ3) is 2.31. The second-order valence-corrected chi connectivity index (χ2v) is 7.92. The molecule has 5 rings (SSSR count). The molecule has 3 aromatic rings. The van der Waals surface area contributed by atoms with Crippen molar-refractivity contribution in [3.63, 3.8) is 0 Å². The van der Waals surface area contributed by atoms with Gasteiger partial charge in [0.1, 0.15) is 5.65 Å². The lowest BCUT2D eigenvalue weighted by Crippen LogP contribution is -2.35. The van der Waals surface area contributed by atoms with Crippen molar-refractivity contribution >= 4 is 11.0 Å². The number of hydrogen-bond acceptors (Lipinski definition) is 3. The smallest absolute Gasteiger partial charge is 0.140 e. The molecule has 0 fully saturated rings. The molecule has 5 heterocycles. The Morgan fingerprint density at radius 1 is 1.04 bits per heavy atom. The van der Waals surface area contributed by atoms with Gasteiger partial charge in [-0.1, -0.05) is 6.07 Å². The molecule has 3 aromatic heterocycles. The van der Waals surface area contributed by atoms with E-state index in [9.17, 15) is 0 Å².